The second kappa shape index (κ2) is 4.48. The van der Waals surface area contributed by atoms with Crippen molar-refractivity contribution in [1.29, 1.82) is 0 Å². The Labute approximate surface area is 118 Å². The Morgan fingerprint density at radius 2 is 2.19 bits per heavy atom. The minimum absolute atomic E-state index is 0.0639. The van der Waals surface area contributed by atoms with Crippen LogP contribution in [0, 0.1) is 0 Å². The standard InChI is InChI=1S/C11H15FN6O3/c1-11(12)6(20)4(2-19)21-9(11)18-3-15-5-7(13)16-10(14)17-8(5)18/h3-4,6,9,19-20H,2H2,1H3,(H4,13,14,16,17)/t4-,6?,9-,11-/m1/s1. The van der Waals surface area contributed by atoms with Gasteiger partial charge in [-0.3, -0.25) is 4.57 Å². The van der Waals surface area contributed by atoms with Crippen molar-refractivity contribution in [3.8, 4) is 0 Å². The third kappa shape index (κ3) is 1.91. The minimum atomic E-state index is -2.14. The first-order valence-electron chi connectivity index (χ1n) is 6.25. The van der Waals surface area contributed by atoms with Gasteiger partial charge in [0.05, 0.1) is 12.9 Å². The smallest absolute Gasteiger partial charge is 0.224 e. The van der Waals surface area contributed by atoms with Crippen molar-refractivity contribution < 1.29 is 19.3 Å². The predicted octanol–water partition coefficient (Wildman–Crippen LogP) is -1.03. The Hall–Kier alpha value is -2.04. The van der Waals surface area contributed by atoms with Crippen LogP contribution in [0.25, 0.3) is 11.2 Å². The number of hydrogen-bond acceptors (Lipinski definition) is 8. The third-order valence-corrected chi connectivity index (χ3v) is 3.62. The fraction of sp³-hybridized carbons (Fsp3) is 0.545. The van der Waals surface area contributed by atoms with Crippen LogP contribution in [0.15, 0.2) is 6.33 Å². The van der Waals surface area contributed by atoms with Crippen LogP contribution in [0.2, 0.25) is 0 Å². The van der Waals surface area contributed by atoms with E-state index >= 15 is 0 Å². The molecular formula is C11H15FN6O3. The summed E-state index contributed by atoms with van der Waals surface area (Å²) >= 11 is 0. The van der Waals surface area contributed by atoms with Gasteiger partial charge < -0.3 is 26.4 Å². The highest BCUT2D eigenvalue weighted by Gasteiger charge is 2.55. The number of nitrogens with zero attached hydrogens (tertiary/aromatic N) is 4. The molecule has 0 aromatic carbocycles. The van der Waals surface area contributed by atoms with Crippen LogP contribution in [0.5, 0.6) is 0 Å². The largest absolute Gasteiger partial charge is 0.394 e. The van der Waals surface area contributed by atoms with E-state index in [1.54, 1.807) is 0 Å². The van der Waals surface area contributed by atoms with Gasteiger partial charge in [0.15, 0.2) is 23.4 Å². The fourth-order valence-electron chi connectivity index (χ4n) is 2.49. The molecule has 1 aliphatic heterocycles. The van der Waals surface area contributed by atoms with Gasteiger partial charge >= 0.3 is 0 Å². The van der Waals surface area contributed by atoms with E-state index in [9.17, 15) is 9.50 Å². The molecule has 1 fully saturated rings. The Kier molecular flexibility index (Phi) is 2.97. The molecular weight excluding hydrogens is 283 g/mol. The van der Waals surface area contributed by atoms with Gasteiger partial charge in [-0.05, 0) is 6.92 Å². The number of aromatic nitrogens is 4. The molecule has 4 atom stereocenters. The molecule has 114 valence electrons. The van der Waals surface area contributed by atoms with E-state index in [4.69, 9.17) is 21.3 Å². The number of alkyl halides is 1. The van der Waals surface area contributed by atoms with Gasteiger partial charge in [-0.1, -0.05) is 0 Å². The van der Waals surface area contributed by atoms with Crippen molar-refractivity contribution in [2.75, 3.05) is 18.1 Å². The SMILES string of the molecule is C[C@@]1(F)C(O)[C@@H](CO)O[C@H]1n1cnc2c(N)nc(N)nc21. The van der Waals surface area contributed by atoms with Crippen LogP contribution in [0.1, 0.15) is 13.2 Å². The quantitative estimate of drug-likeness (QED) is 0.550. The molecule has 1 unspecified atom stereocenters. The van der Waals surface area contributed by atoms with E-state index in [0.29, 0.717) is 0 Å². The predicted molar refractivity (Wildman–Crippen MR) is 70.7 cm³/mol. The topological polar surface area (TPSA) is 145 Å². The minimum Gasteiger partial charge on any atom is -0.394 e. The molecule has 1 aliphatic rings. The lowest BCUT2D eigenvalue weighted by Gasteiger charge is -2.24. The lowest BCUT2D eigenvalue weighted by atomic mass is 9.98. The summed E-state index contributed by atoms with van der Waals surface area (Å²) in [6, 6.07) is 0. The van der Waals surface area contributed by atoms with Crippen LogP contribution in [-0.4, -0.2) is 54.2 Å². The van der Waals surface area contributed by atoms with Gasteiger partial charge in [0, 0.05) is 0 Å². The van der Waals surface area contributed by atoms with Gasteiger partial charge in [0.2, 0.25) is 5.95 Å². The maximum absolute atomic E-state index is 14.8. The molecule has 0 bridgehead atoms. The second-order valence-electron chi connectivity index (χ2n) is 5.10. The fourth-order valence-corrected chi connectivity index (χ4v) is 2.49. The summed E-state index contributed by atoms with van der Waals surface area (Å²) < 4.78 is 21.4. The van der Waals surface area contributed by atoms with E-state index in [1.165, 1.54) is 17.8 Å². The number of anilines is 2. The van der Waals surface area contributed by atoms with Crippen LogP contribution in [0.3, 0.4) is 0 Å². The number of fused-ring (bicyclic) bond motifs is 1. The maximum Gasteiger partial charge on any atom is 0.224 e. The maximum atomic E-state index is 14.8. The van der Waals surface area contributed by atoms with Gasteiger partial charge in [0.25, 0.3) is 0 Å². The summed E-state index contributed by atoms with van der Waals surface area (Å²) in [7, 11) is 0. The molecule has 0 spiro atoms. The second-order valence-corrected chi connectivity index (χ2v) is 5.10. The van der Waals surface area contributed by atoms with Gasteiger partial charge in [-0.25, -0.2) is 9.37 Å². The van der Waals surface area contributed by atoms with Crippen LogP contribution < -0.4 is 11.5 Å². The summed E-state index contributed by atoms with van der Waals surface area (Å²) in [4.78, 5) is 11.8. The Morgan fingerprint density at radius 1 is 1.48 bits per heavy atom. The molecule has 0 radical (unpaired) electrons. The Morgan fingerprint density at radius 3 is 2.81 bits per heavy atom. The van der Waals surface area contributed by atoms with Crippen LogP contribution >= 0.6 is 0 Å². The molecule has 0 saturated carbocycles. The number of rotatable bonds is 2. The number of imidazole rings is 1. The third-order valence-electron chi connectivity index (χ3n) is 3.62. The van der Waals surface area contributed by atoms with E-state index in [-0.39, 0.29) is 22.9 Å². The zero-order chi connectivity index (χ0) is 15.4. The van der Waals surface area contributed by atoms with Crippen molar-refractivity contribution >= 4 is 22.9 Å². The average molecular weight is 298 g/mol. The summed E-state index contributed by atoms with van der Waals surface area (Å²) in [6.45, 7) is 0.667. The summed E-state index contributed by atoms with van der Waals surface area (Å²) in [5, 5.41) is 19.0. The lowest BCUT2D eigenvalue weighted by Crippen LogP contribution is -2.40. The monoisotopic (exact) mass is 298 g/mol. The zero-order valence-electron chi connectivity index (χ0n) is 11.1. The summed E-state index contributed by atoms with van der Waals surface area (Å²) in [5.74, 6) is -0.0198. The Bertz CT molecular complexity index is 690. The summed E-state index contributed by atoms with van der Waals surface area (Å²) in [5.41, 5.74) is 9.52. The zero-order valence-corrected chi connectivity index (χ0v) is 11.1. The van der Waals surface area contributed by atoms with Crippen molar-refractivity contribution in [3.05, 3.63) is 6.33 Å². The van der Waals surface area contributed by atoms with Crippen molar-refractivity contribution in [2.24, 2.45) is 0 Å². The van der Waals surface area contributed by atoms with Gasteiger partial charge in [-0.2, -0.15) is 9.97 Å². The van der Waals surface area contributed by atoms with E-state index in [0.717, 1.165) is 0 Å². The van der Waals surface area contributed by atoms with E-state index < -0.39 is 30.7 Å². The first-order chi connectivity index (χ1) is 9.86. The first kappa shape index (κ1) is 13.9. The molecule has 2 aromatic heterocycles. The normalized spacial score (nSPS) is 32.9. The molecule has 21 heavy (non-hydrogen) atoms. The lowest BCUT2D eigenvalue weighted by molar-refractivity contribution is -0.0566. The van der Waals surface area contributed by atoms with Crippen molar-refractivity contribution in [1.82, 2.24) is 19.5 Å². The highest BCUT2D eigenvalue weighted by molar-refractivity contribution is 5.82. The van der Waals surface area contributed by atoms with Crippen molar-refractivity contribution in [3.63, 3.8) is 0 Å². The molecule has 3 heterocycles. The molecule has 10 heteroatoms. The average Bonchev–Trinajstić information content (AvgIpc) is 2.91. The molecule has 1 saturated heterocycles. The van der Waals surface area contributed by atoms with Gasteiger partial charge in [0.1, 0.15) is 17.7 Å². The highest BCUT2D eigenvalue weighted by atomic mass is 19.1. The van der Waals surface area contributed by atoms with Gasteiger partial charge in [-0.15, -0.1) is 0 Å². The number of aliphatic hydroxyl groups is 2. The molecule has 0 aliphatic carbocycles. The van der Waals surface area contributed by atoms with Crippen molar-refractivity contribution in [2.45, 2.75) is 31.0 Å². The number of halogens is 1. The first-order valence-corrected chi connectivity index (χ1v) is 6.25. The number of hydrogen-bond donors (Lipinski definition) is 4. The molecule has 3 rings (SSSR count). The highest BCUT2D eigenvalue weighted by Crippen LogP contribution is 2.42. The molecule has 6 N–H and O–H groups in total. The number of ether oxygens (including phenoxy) is 1. The Balaban J connectivity index is 2.13. The number of aliphatic hydroxyl groups excluding tert-OH is 2. The van der Waals surface area contributed by atoms with E-state index in [1.807, 2.05) is 0 Å². The van der Waals surface area contributed by atoms with Crippen LogP contribution in [-0.2, 0) is 4.74 Å². The van der Waals surface area contributed by atoms with Crippen LogP contribution in [0.4, 0.5) is 16.2 Å². The number of nitrogen functional groups attached to an aromatic ring is 2. The number of nitrogens with two attached hydrogens (primary N) is 2. The molecule has 2 aromatic rings. The summed E-state index contributed by atoms with van der Waals surface area (Å²) in [6.07, 6.45) is -2.46. The molecule has 0 amide bonds. The molecule has 9 nitrogen and oxygen atoms in total. The van der Waals surface area contributed by atoms with E-state index in [2.05, 4.69) is 15.0 Å².